The average Bonchev–Trinajstić information content (AvgIpc) is 2.60. The Morgan fingerprint density at radius 2 is 1.92 bits per heavy atom. The SMILES string of the molecule is O=C(OCCCCCCO[C@H]1CCCCO1)c1cc(O)ccc1O. The molecule has 1 aliphatic rings. The number of phenolic OH excluding ortho intramolecular Hbond substituents is 2. The molecule has 1 aliphatic heterocycles. The molecule has 2 rings (SSSR count). The fraction of sp³-hybridized carbons (Fsp3) is 0.611. The molecule has 1 saturated heterocycles. The lowest BCUT2D eigenvalue weighted by Crippen LogP contribution is -2.22. The maximum absolute atomic E-state index is 11.8. The summed E-state index contributed by atoms with van der Waals surface area (Å²) >= 11 is 0. The first kappa shape index (κ1) is 18.5. The zero-order chi connectivity index (χ0) is 17.2. The molecule has 0 saturated carbocycles. The number of aromatic hydroxyl groups is 2. The predicted octanol–water partition coefficient (Wildman–Crippen LogP) is 3.36. The van der Waals surface area contributed by atoms with Crippen LogP contribution in [0.3, 0.4) is 0 Å². The number of unbranched alkanes of at least 4 members (excludes halogenated alkanes) is 3. The summed E-state index contributed by atoms with van der Waals surface area (Å²) in [6.45, 7) is 1.78. The van der Waals surface area contributed by atoms with Crippen molar-refractivity contribution in [1.82, 2.24) is 0 Å². The Balaban J connectivity index is 1.50. The van der Waals surface area contributed by atoms with Crippen molar-refractivity contribution < 1.29 is 29.2 Å². The Labute approximate surface area is 142 Å². The summed E-state index contributed by atoms with van der Waals surface area (Å²) in [6, 6.07) is 3.77. The van der Waals surface area contributed by atoms with Crippen molar-refractivity contribution >= 4 is 5.97 Å². The van der Waals surface area contributed by atoms with Gasteiger partial charge in [-0.1, -0.05) is 6.42 Å². The minimum atomic E-state index is -0.624. The maximum atomic E-state index is 11.8. The van der Waals surface area contributed by atoms with Gasteiger partial charge in [0.15, 0.2) is 6.29 Å². The monoisotopic (exact) mass is 338 g/mol. The zero-order valence-electron chi connectivity index (χ0n) is 13.9. The van der Waals surface area contributed by atoms with E-state index in [0.29, 0.717) is 13.2 Å². The average molecular weight is 338 g/mol. The number of hydrogen-bond donors (Lipinski definition) is 2. The van der Waals surface area contributed by atoms with Gasteiger partial charge in [0.25, 0.3) is 0 Å². The highest BCUT2D eigenvalue weighted by molar-refractivity contribution is 5.92. The van der Waals surface area contributed by atoms with E-state index in [2.05, 4.69) is 0 Å². The fourth-order valence-corrected chi connectivity index (χ4v) is 2.55. The molecule has 0 radical (unpaired) electrons. The van der Waals surface area contributed by atoms with Crippen molar-refractivity contribution in [2.45, 2.75) is 51.2 Å². The molecule has 0 spiro atoms. The van der Waals surface area contributed by atoms with Crippen LogP contribution in [0.2, 0.25) is 0 Å². The Kier molecular flexibility index (Phi) is 7.85. The molecule has 6 heteroatoms. The van der Waals surface area contributed by atoms with Crippen LogP contribution in [0.15, 0.2) is 18.2 Å². The van der Waals surface area contributed by atoms with Crippen LogP contribution in [0.1, 0.15) is 55.3 Å². The first-order valence-electron chi connectivity index (χ1n) is 8.59. The molecule has 24 heavy (non-hydrogen) atoms. The lowest BCUT2D eigenvalue weighted by molar-refractivity contribution is -0.162. The van der Waals surface area contributed by atoms with E-state index in [-0.39, 0.29) is 23.4 Å². The number of phenols is 2. The molecule has 134 valence electrons. The minimum Gasteiger partial charge on any atom is -0.508 e. The third kappa shape index (κ3) is 6.37. The first-order chi connectivity index (χ1) is 11.7. The lowest BCUT2D eigenvalue weighted by atomic mass is 10.2. The molecule has 0 unspecified atom stereocenters. The lowest BCUT2D eigenvalue weighted by Gasteiger charge is -2.22. The standard InChI is InChI=1S/C18H26O6/c19-14-8-9-16(20)15(13-14)18(21)24-12-5-2-1-4-10-22-17-7-3-6-11-23-17/h8-9,13,17,19-20H,1-7,10-12H2/t17-/m1/s1. The van der Waals surface area contributed by atoms with E-state index in [1.807, 2.05) is 0 Å². The van der Waals surface area contributed by atoms with Crippen LogP contribution in [0.25, 0.3) is 0 Å². The molecule has 1 atom stereocenters. The molecular formula is C18H26O6. The Bertz CT molecular complexity index is 510. The number of esters is 1. The van der Waals surface area contributed by atoms with Crippen LogP contribution in [-0.2, 0) is 14.2 Å². The molecule has 6 nitrogen and oxygen atoms in total. The third-order valence-electron chi connectivity index (χ3n) is 3.91. The maximum Gasteiger partial charge on any atom is 0.342 e. The van der Waals surface area contributed by atoms with Crippen LogP contribution < -0.4 is 0 Å². The second-order valence-corrected chi connectivity index (χ2v) is 5.92. The van der Waals surface area contributed by atoms with Crippen molar-refractivity contribution in [1.29, 1.82) is 0 Å². The number of benzene rings is 1. The van der Waals surface area contributed by atoms with E-state index in [1.165, 1.54) is 24.6 Å². The molecule has 0 aromatic heterocycles. The molecular weight excluding hydrogens is 312 g/mol. The number of ether oxygens (including phenoxy) is 3. The highest BCUT2D eigenvalue weighted by Gasteiger charge is 2.14. The smallest absolute Gasteiger partial charge is 0.342 e. The van der Waals surface area contributed by atoms with Crippen LogP contribution in [0.5, 0.6) is 11.5 Å². The van der Waals surface area contributed by atoms with Gasteiger partial charge in [0, 0.05) is 13.2 Å². The molecule has 2 N–H and O–H groups in total. The van der Waals surface area contributed by atoms with Gasteiger partial charge in [-0.2, -0.15) is 0 Å². The van der Waals surface area contributed by atoms with E-state index in [4.69, 9.17) is 14.2 Å². The largest absolute Gasteiger partial charge is 0.508 e. The quantitative estimate of drug-likeness (QED) is 0.408. The zero-order valence-corrected chi connectivity index (χ0v) is 13.9. The molecule has 1 fully saturated rings. The van der Waals surface area contributed by atoms with Crippen LogP contribution in [-0.4, -0.2) is 42.3 Å². The molecule has 0 bridgehead atoms. The van der Waals surface area contributed by atoms with E-state index in [0.717, 1.165) is 45.1 Å². The van der Waals surface area contributed by atoms with Gasteiger partial charge in [-0.3, -0.25) is 0 Å². The van der Waals surface area contributed by atoms with Gasteiger partial charge in [-0.25, -0.2) is 4.79 Å². The number of hydrogen-bond acceptors (Lipinski definition) is 6. The van der Waals surface area contributed by atoms with Gasteiger partial charge in [-0.15, -0.1) is 0 Å². The van der Waals surface area contributed by atoms with Crippen molar-refractivity contribution in [2.75, 3.05) is 19.8 Å². The van der Waals surface area contributed by atoms with Gasteiger partial charge < -0.3 is 24.4 Å². The first-order valence-corrected chi connectivity index (χ1v) is 8.59. The van der Waals surface area contributed by atoms with Gasteiger partial charge in [-0.05, 0) is 56.7 Å². The summed E-state index contributed by atoms with van der Waals surface area (Å²) in [4.78, 5) is 11.8. The topological polar surface area (TPSA) is 85.2 Å². The molecule has 1 heterocycles. The molecule has 1 aromatic carbocycles. The summed E-state index contributed by atoms with van der Waals surface area (Å²) < 4.78 is 16.2. The number of rotatable bonds is 9. The van der Waals surface area contributed by atoms with E-state index >= 15 is 0 Å². The van der Waals surface area contributed by atoms with E-state index in [1.54, 1.807) is 0 Å². The Morgan fingerprint density at radius 3 is 2.67 bits per heavy atom. The van der Waals surface area contributed by atoms with E-state index < -0.39 is 5.97 Å². The fourth-order valence-electron chi connectivity index (χ4n) is 2.55. The summed E-state index contributed by atoms with van der Waals surface area (Å²) in [5, 5.41) is 18.9. The van der Waals surface area contributed by atoms with Crippen molar-refractivity contribution in [3.63, 3.8) is 0 Å². The third-order valence-corrected chi connectivity index (χ3v) is 3.91. The van der Waals surface area contributed by atoms with Gasteiger partial charge in [0.2, 0.25) is 0 Å². The minimum absolute atomic E-state index is 0.0177. The second kappa shape index (κ2) is 10.2. The summed E-state index contributed by atoms with van der Waals surface area (Å²) in [5.74, 6) is -0.900. The van der Waals surface area contributed by atoms with Gasteiger partial charge >= 0.3 is 5.97 Å². The van der Waals surface area contributed by atoms with Crippen LogP contribution >= 0.6 is 0 Å². The predicted molar refractivity (Wildman–Crippen MR) is 88.1 cm³/mol. The second-order valence-electron chi connectivity index (χ2n) is 5.92. The van der Waals surface area contributed by atoms with Crippen molar-refractivity contribution in [3.8, 4) is 11.5 Å². The van der Waals surface area contributed by atoms with Crippen LogP contribution in [0, 0.1) is 0 Å². The Hall–Kier alpha value is -1.79. The molecule has 0 aliphatic carbocycles. The molecule has 1 aromatic rings. The number of carbonyl (C=O) groups is 1. The Morgan fingerprint density at radius 1 is 1.12 bits per heavy atom. The van der Waals surface area contributed by atoms with Gasteiger partial charge in [0.05, 0.1) is 6.61 Å². The summed E-state index contributed by atoms with van der Waals surface area (Å²) in [6.07, 6.45) is 6.90. The van der Waals surface area contributed by atoms with Gasteiger partial charge in [0.1, 0.15) is 17.1 Å². The van der Waals surface area contributed by atoms with Crippen molar-refractivity contribution in [3.05, 3.63) is 23.8 Å². The normalized spacial score (nSPS) is 17.6. The highest BCUT2D eigenvalue weighted by atomic mass is 16.7. The van der Waals surface area contributed by atoms with E-state index in [9.17, 15) is 15.0 Å². The van der Waals surface area contributed by atoms with Crippen LogP contribution in [0.4, 0.5) is 0 Å². The summed E-state index contributed by atoms with van der Waals surface area (Å²) in [5.41, 5.74) is -0.0177. The highest BCUT2D eigenvalue weighted by Crippen LogP contribution is 2.22. The molecule has 0 amide bonds. The van der Waals surface area contributed by atoms with Crippen molar-refractivity contribution in [2.24, 2.45) is 0 Å². The summed E-state index contributed by atoms with van der Waals surface area (Å²) in [7, 11) is 0. The number of carbonyl (C=O) groups excluding carboxylic acids is 1.